The molecule has 1 amide bonds. The lowest BCUT2D eigenvalue weighted by atomic mass is 9.82. The fourth-order valence-corrected chi connectivity index (χ4v) is 6.49. The second-order valence-corrected chi connectivity index (χ2v) is 12.4. The van der Waals surface area contributed by atoms with Crippen molar-refractivity contribution in [3.05, 3.63) is 114 Å². The number of piperidine rings is 1. The average Bonchev–Trinajstić information content (AvgIpc) is 3.30. The van der Waals surface area contributed by atoms with Gasteiger partial charge in [0.05, 0.1) is 18.8 Å². The molecule has 4 unspecified atom stereocenters. The molecule has 2 aliphatic heterocycles. The number of rotatable bonds is 7. The zero-order valence-electron chi connectivity index (χ0n) is 24.5. The molecule has 218 valence electrons. The molecule has 6 rings (SSSR count). The third-order valence-electron chi connectivity index (χ3n) is 8.31. The number of carbonyl (C=O) groups excluding carboxylic acids is 1. The monoisotopic (exact) mass is 567 g/mol. The molecule has 0 saturated carbocycles. The van der Waals surface area contributed by atoms with Gasteiger partial charge in [-0.05, 0) is 86.4 Å². The lowest BCUT2D eigenvalue weighted by Crippen LogP contribution is -2.55. The Hall–Kier alpha value is -3.90. The van der Waals surface area contributed by atoms with Gasteiger partial charge in [0.25, 0.3) is 0 Å². The summed E-state index contributed by atoms with van der Waals surface area (Å²) < 4.78 is 32.8. The van der Waals surface area contributed by atoms with Gasteiger partial charge in [0.2, 0.25) is 0 Å². The minimum absolute atomic E-state index is 0.0380. The zero-order valence-corrected chi connectivity index (χ0v) is 24.5. The molecule has 2 heterocycles. The smallest absolute Gasteiger partial charge is 0.410 e. The number of fused-ring (bicyclic) bond motifs is 3. The lowest BCUT2D eigenvalue weighted by molar-refractivity contribution is -0.0667. The molecule has 0 aromatic heterocycles. The molecule has 6 heteroatoms. The summed E-state index contributed by atoms with van der Waals surface area (Å²) in [7, 11) is 0. The van der Waals surface area contributed by atoms with E-state index in [1.807, 2.05) is 68.1 Å². The van der Waals surface area contributed by atoms with Crippen molar-refractivity contribution >= 4 is 16.9 Å². The minimum Gasteiger partial charge on any atom is -0.488 e. The van der Waals surface area contributed by atoms with E-state index in [2.05, 4.69) is 36.4 Å². The van der Waals surface area contributed by atoms with Gasteiger partial charge >= 0.3 is 6.09 Å². The fraction of sp³-hybridized carbons (Fsp3) is 0.361. The zero-order chi connectivity index (χ0) is 29.3. The van der Waals surface area contributed by atoms with Crippen molar-refractivity contribution in [1.82, 2.24) is 4.90 Å². The minimum atomic E-state index is -0.581. The van der Waals surface area contributed by atoms with Crippen LogP contribution >= 0.6 is 0 Å². The Bertz CT molecular complexity index is 1530. The maximum absolute atomic E-state index is 13.8. The Kier molecular flexibility index (Phi) is 7.91. The number of hydrogen-bond donors (Lipinski definition) is 0. The van der Waals surface area contributed by atoms with Crippen molar-refractivity contribution in [2.24, 2.45) is 0 Å². The van der Waals surface area contributed by atoms with Crippen LogP contribution in [0.4, 0.5) is 9.18 Å². The average molecular weight is 568 g/mol. The SMILES string of the molecule is CC(C)(C)OC(=O)N1C2CCC1C(OCc1cc(OCc3ccccc3)c3ccccc3c1)C(c1ccc(F)cc1)C2. The van der Waals surface area contributed by atoms with E-state index < -0.39 is 5.60 Å². The van der Waals surface area contributed by atoms with Crippen LogP contribution < -0.4 is 4.74 Å². The van der Waals surface area contributed by atoms with E-state index in [1.165, 1.54) is 12.1 Å². The number of hydrogen-bond acceptors (Lipinski definition) is 4. The maximum Gasteiger partial charge on any atom is 0.410 e. The van der Waals surface area contributed by atoms with Gasteiger partial charge in [0.15, 0.2) is 0 Å². The Labute approximate surface area is 247 Å². The second-order valence-electron chi connectivity index (χ2n) is 12.4. The number of carbonyl (C=O) groups is 1. The molecule has 2 bridgehead atoms. The van der Waals surface area contributed by atoms with Gasteiger partial charge in [-0.15, -0.1) is 0 Å². The molecular formula is C36H38FNO4. The van der Waals surface area contributed by atoms with E-state index in [9.17, 15) is 9.18 Å². The van der Waals surface area contributed by atoms with Gasteiger partial charge < -0.3 is 14.2 Å². The van der Waals surface area contributed by atoms with Gasteiger partial charge in [-0.3, -0.25) is 4.90 Å². The molecule has 0 aliphatic carbocycles. The molecule has 4 atom stereocenters. The highest BCUT2D eigenvalue weighted by atomic mass is 19.1. The Morgan fingerprint density at radius 3 is 2.38 bits per heavy atom. The summed E-state index contributed by atoms with van der Waals surface area (Å²) >= 11 is 0. The van der Waals surface area contributed by atoms with Crippen LogP contribution in [0.1, 0.15) is 62.6 Å². The van der Waals surface area contributed by atoms with E-state index >= 15 is 0 Å². The van der Waals surface area contributed by atoms with Gasteiger partial charge in [-0.1, -0.05) is 66.7 Å². The fourth-order valence-electron chi connectivity index (χ4n) is 6.49. The van der Waals surface area contributed by atoms with E-state index in [4.69, 9.17) is 14.2 Å². The van der Waals surface area contributed by atoms with Crippen LogP contribution in [0.5, 0.6) is 5.75 Å². The highest BCUT2D eigenvalue weighted by Gasteiger charge is 2.51. The summed E-state index contributed by atoms with van der Waals surface area (Å²) in [6.45, 7) is 6.51. The van der Waals surface area contributed by atoms with Crippen LogP contribution in [0.15, 0.2) is 91.0 Å². The molecule has 0 N–H and O–H groups in total. The van der Waals surface area contributed by atoms with Crippen molar-refractivity contribution in [3.8, 4) is 5.75 Å². The topological polar surface area (TPSA) is 48.0 Å². The van der Waals surface area contributed by atoms with Crippen LogP contribution in [0, 0.1) is 5.82 Å². The molecule has 4 aromatic carbocycles. The molecule has 2 fully saturated rings. The second kappa shape index (κ2) is 11.8. The first-order valence-corrected chi connectivity index (χ1v) is 14.8. The van der Waals surface area contributed by atoms with Crippen LogP contribution in [-0.4, -0.2) is 34.8 Å². The number of nitrogens with zero attached hydrogens (tertiary/aromatic N) is 1. The van der Waals surface area contributed by atoms with E-state index in [0.717, 1.165) is 52.5 Å². The third kappa shape index (κ3) is 6.14. The third-order valence-corrected chi connectivity index (χ3v) is 8.31. The van der Waals surface area contributed by atoms with Crippen LogP contribution in [-0.2, 0) is 22.7 Å². The first-order chi connectivity index (χ1) is 20.2. The summed E-state index contributed by atoms with van der Waals surface area (Å²) in [6, 6.07) is 29.2. The maximum atomic E-state index is 13.8. The molecule has 2 saturated heterocycles. The highest BCUT2D eigenvalue weighted by Crippen LogP contribution is 2.46. The molecule has 5 nitrogen and oxygen atoms in total. The van der Waals surface area contributed by atoms with E-state index in [0.29, 0.717) is 13.2 Å². The van der Waals surface area contributed by atoms with Crippen molar-refractivity contribution in [2.45, 2.75) is 83.0 Å². The largest absolute Gasteiger partial charge is 0.488 e. The van der Waals surface area contributed by atoms with Gasteiger partial charge in [0.1, 0.15) is 23.8 Å². The quantitative estimate of drug-likeness (QED) is 0.225. The van der Waals surface area contributed by atoms with E-state index in [-0.39, 0.29) is 36.0 Å². The summed E-state index contributed by atoms with van der Waals surface area (Å²) in [4.78, 5) is 15.3. The normalized spacial score (nSPS) is 21.9. The standard InChI is InChI=1S/C36H38FNO4/c1-36(2,3)42-35(39)38-29-17-18-32(38)34(31(21-29)26-13-15-28(37)16-14-26)41-23-25-19-27-11-7-8-12-30(27)33(20-25)40-22-24-9-5-4-6-10-24/h4-16,19-20,29,31-32,34H,17-18,21-23H2,1-3H3. The van der Waals surface area contributed by atoms with Crippen molar-refractivity contribution in [2.75, 3.05) is 0 Å². The molecule has 0 radical (unpaired) electrons. The highest BCUT2D eigenvalue weighted by molar-refractivity contribution is 5.89. The first-order valence-electron chi connectivity index (χ1n) is 14.8. The van der Waals surface area contributed by atoms with Crippen LogP contribution in [0.3, 0.4) is 0 Å². The summed E-state index contributed by atoms with van der Waals surface area (Å²) in [5, 5.41) is 2.13. The predicted molar refractivity (Wildman–Crippen MR) is 162 cm³/mol. The molecule has 42 heavy (non-hydrogen) atoms. The Morgan fingerprint density at radius 2 is 1.62 bits per heavy atom. The number of halogens is 1. The van der Waals surface area contributed by atoms with Crippen LogP contribution in [0.25, 0.3) is 10.8 Å². The molecular weight excluding hydrogens is 529 g/mol. The Morgan fingerprint density at radius 1 is 0.881 bits per heavy atom. The number of benzene rings is 4. The lowest BCUT2D eigenvalue weighted by Gasteiger charge is -2.44. The summed E-state index contributed by atoms with van der Waals surface area (Å²) in [5.41, 5.74) is 2.55. The summed E-state index contributed by atoms with van der Waals surface area (Å²) in [6.07, 6.45) is 1.94. The van der Waals surface area contributed by atoms with Crippen molar-refractivity contribution < 1.29 is 23.4 Å². The summed E-state index contributed by atoms with van der Waals surface area (Å²) in [5.74, 6) is 0.589. The molecule has 4 aromatic rings. The molecule has 0 spiro atoms. The first kappa shape index (κ1) is 28.2. The van der Waals surface area contributed by atoms with Gasteiger partial charge in [0, 0.05) is 17.3 Å². The van der Waals surface area contributed by atoms with E-state index in [1.54, 1.807) is 0 Å². The van der Waals surface area contributed by atoms with Gasteiger partial charge in [-0.2, -0.15) is 0 Å². The van der Waals surface area contributed by atoms with Crippen molar-refractivity contribution in [3.63, 3.8) is 0 Å². The molecule has 2 aliphatic rings. The predicted octanol–water partition coefficient (Wildman–Crippen LogP) is 8.40. The van der Waals surface area contributed by atoms with Crippen LogP contribution in [0.2, 0.25) is 0 Å². The van der Waals surface area contributed by atoms with Gasteiger partial charge in [-0.25, -0.2) is 9.18 Å². The number of amides is 1. The Balaban J connectivity index is 1.28. The van der Waals surface area contributed by atoms with Crippen molar-refractivity contribution in [1.29, 1.82) is 0 Å². The number of ether oxygens (including phenoxy) is 3.